The largest absolute Gasteiger partial charge is 0.496 e. The van der Waals surface area contributed by atoms with E-state index in [9.17, 15) is 0 Å². The van der Waals surface area contributed by atoms with Gasteiger partial charge in [0.05, 0.1) is 7.11 Å². The SMILES string of the molecule is COc1c(C(C)(C)C)cc2c(c1-c1cc(C)cc(C)c1)C=C(C)C2CCC1C(C)=Cc2c(-c3ccc(C(C)(C)C)cc3)c3c(c(-c4ccc(C(C)(C)C)cc4)c21)CCC3. The van der Waals surface area contributed by atoms with Gasteiger partial charge in [-0.2, -0.15) is 0 Å². The molecule has 0 saturated heterocycles. The van der Waals surface area contributed by atoms with Gasteiger partial charge in [0.15, 0.2) is 0 Å². The molecule has 0 fully saturated rings. The van der Waals surface area contributed by atoms with Gasteiger partial charge in [0.2, 0.25) is 0 Å². The molecule has 5 aromatic rings. The van der Waals surface area contributed by atoms with Crippen molar-refractivity contribution in [2.75, 3.05) is 7.11 Å². The fourth-order valence-corrected chi connectivity index (χ4v) is 10.9. The topological polar surface area (TPSA) is 9.23 Å². The molecule has 0 radical (unpaired) electrons. The average molecular weight is 781 g/mol. The first-order valence-electron chi connectivity index (χ1n) is 22.4. The van der Waals surface area contributed by atoms with Gasteiger partial charge in [0, 0.05) is 23.0 Å². The molecule has 0 amide bonds. The Bertz CT molecular complexity index is 2490. The van der Waals surface area contributed by atoms with Crippen LogP contribution in [0.15, 0.2) is 83.9 Å². The van der Waals surface area contributed by atoms with E-state index in [1.807, 2.05) is 7.11 Å². The molecule has 2 unspecified atom stereocenters. The van der Waals surface area contributed by atoms with Crippen molar-refractivity contribution in [3.63, 3.8) is 0 Å². The molecule has 0 saturated carbocycles. The quantitative estimate of drug-likeness (QED) is 0.160. The van der Waals surface area contributed by atoms with Crippen LogP contribution in [0.1, 0.15) is 168 Å². The average Bonchev–Trinajstić information content (AvgIpc) is 3.85. The van der Waals surface area contributed by atoms with E-state index in [1.165, 1.54) is 95.5 Å². The highest BCUT2D eigenvalue weighted by atomic mass is 16.5. The zero-order chi connectivity index (χ0) is 42.3. The van der Waals surface area contributed by atoms with Gasteiger partial charge in [-0.3, -0.25) is 0 Å². The van der Waals surface area contributed by atoms with Gasteiger partial charge in [0.25, 0.3) is 0 Å². The highest BCUT2D eigenvalue weighted by Gasteiger charge is 2.37. The van der Waals surface area contributed by atoms with E-state index in [0.29, 0.717) is 11.8 Å². The summed E-state index contributed by atoms with van der Waals surface area (Å²) in [5.74, 6) is 1.73. The lowest BCUT2D eigenvalue weighted by molar-refractivity contribution is 0.398. The normalized spacial score (nSPS) is 17.5. The van der Waals surface area contributed by atoms with Crippen molar-refractivity contribution in [2.24, 2.45) is 0 Å². The Labute approximate surface area is 357 Å². The maximum absolute atomic E-state index is 6.38. The number of hydrogen-bond acceptors (Lipinski definition) is 1. The molecular weight excluding hydrogens is 713 g/mol. The van der Waals surface area contributed by atoms with Crippen LogP contribution in [0.3, 0.4) is 0 Å². The van der Waals surface area contributed by atoms with Crippen LogP contribution in [0.25, 0.3) is 45.5 Å². The summed E-state index contributed by atoms with van der Waals surface area (Å²) < 4.78 is 6.38. The second-order valence-corrected chi connectivity index (χ2v) is 21.5. The van der Waals surface area contributed by atoms with E-state index >= 15 is 0 Å². The van der Waals surface area contributed by atoms with Crippen LogP contribution >= 0.6 is 0 Å². The van der Waals surface area contributed by atoms with E-state index in [2.05, 4.69) is 175 Å². The third kappa shape index (κ3) is 7.36. The van der Waals surface area contributed by atoms with Gasteiger partial charge in [-0.15, -0.1) is 0 Å². The van der Waals surface area contributed by atoms with Crippen LogP contribution in [0.4, 0.5) is 0 Å². The number of methoxy groups -OCH3 is 1. The third-order valence-electron chi connectivity index (χ3n) is 13.9. The lowest BCUT2D eigenvalue weighted by Crippen LogP contribution is -2.15. The molecule has 0 spiro atoms. The van der Waals surface area contributed by atoms with E-state index in [0.717, 1.165) is 31.4 Å². The van der Waals surface area contributed by atoms with Crippen LogP contribution in [0.2, 0.25) is 0 Å². The molecule has 3 aliphatic rings. The van der Waals surface area contributed by atoms with Crippen molar-refractivity contribution in [3.05, 3.63) is 145 Å². The lowest BCUT2D eigenvalue weighted by atomic mass is 9.76. The van der Waals surface area contributed by atoms with Gasteiger partial charge in [-0.05, 0) is 148 Å². The summed E-state index contributed by atoms with van der Waals surface area (Å²) >= 11 is 0. The molecule has 0 aromatic heterocycles. The third-order valence-corrected chi connectivity index (χ3v) is 13.9. The minimum atomic E-state index is -0.0714. The van der Waals surface area contributed by atoms with Gasteiger partial charge < -0.3 is 4.74 Å². The predicted octanol–water partition coefficient (Wildman–Crippen LogP) is 16.2. The van der Waals surface area contributed by atoms with Gasteiger partial charge in [-0.1, -0.05) is 170 Å². The van der Waals surface area contributed by atoms with Crippen LogP contribution < -0.4 is 4.74 Å². The molecule has 0 N–H and O–H groups in total. The monoisotopic (exact) mass is 781 g/mol. The van der Waals surface area contributed by atoms with E-state index < -0.39 is 0 Å². The molecule has 306 valence electrons. The number of fused-ring (bicyclic) bond motifs is 3. The molecule has 1 heteroatoms. The summed E-state index contributed by atoms with van der Waals surface area (Å²) in [6, 6.07) is 28.7. The molecule has 5 aromatic carbocycles. The molecule has 59 heavy (non-hydrogen) atoms. The van der Waals surface area contributed by atoms with Crippen LogP contribution in [-0.4, -0.2) is 7.11 Å². The van der Waals surface area contributed by atoms with Crippen molar-refractivity contribution < 1.29 is 4.74 Å². The van der Waals surface area contributed by atoms with Crippen molar-refractivity contribution in [2.45, 2.75) is 150 Å². The molecular formula is C58H68O. The van der Waals surface area contributed by atoms with Crippen LogP contribution in [0, 0.1) is 13.8 Å². The van der Waals surface area contributed by atoms with Crippen LogP contribution in [-0.2, 0) is 29.1 Å². The molecule has 0 bridgehead atoms. The van der Waals surface area contributed by atoms with E-state index in [4.69, 9.17) is 4.74 Å². The van der Waals surface area contributed by atoms with Crippen molar-refractivity contribution in [1.29, 1.82) is 0 Å². The van der Waals surface area contributed by atoms with E-state index in [-0.39, 0.29) is 16.2 Å². The van der Waals surface area contributed by atoms with Crippen molar-refractivity contribution in [3.8, 4) is 39.1 Å². The van der Waals surface area contributed by atoms with Crippen molar-refractivity contribution >= 4 is 12.2 Å². The molecule has 8 rings (SSSR count). The highest BCUT2D eigenvalue weighted by Crippen LogP contribution is 2.56. The first-order valence-corrected chi connectivity index (χ1v) is 22.4. The minimum Gasteiger partial charge on any atom is -0.496 e. The standard InChI is InChI=1S/C58H68O/c1-34-28-35(2)30-40(29-34)53-48-31-36(3)43(47(48)33-50(55(53)59-14)58(11,12)13)26-27-44-37(4)32-49-51(38-18-22-41(23-19-38)56(5,6)7)45-16-15-17-46(45)52(54(44)49)39-20-24-42(25-21-39)57(8,9)10/h18-25,28-33,43-44H,15-17,26-27H2,1-14H3. The number of benzene rings is 5. The zero-order valence-corrected chi connectivity index (χ0v) is 38.7. The maximum Gasteiger partial charge on any atom is 0.131 e. The minimum absolute atomic E-state index is 0.0714. The smallest absolute Gasteiger partial charge is 0.131 e. The summed E-state index contributed by atoms with van der Waals surface area (Å²) in [6.07, 6.45) is 10.8. The molecule has 2 atom stereocenters. The summed E-state index contributed by atoms with van der Waals surface area (Å²) in [4.78, 5) is 0. The Kier molecular flexibility index (Phi) is 10.3. The second-order valence-electron chi connectivity index (χ2n) is 21.5. The highest BCUT2D eigenvalue weighted by molar-refractivity contribution is 5.93. The number of hydrogen-bond donors (Lipinski definition) is 0. The van der Waals surface area contributed by atoms with Gasteiger partial charge in [0.1, 0.15) is 5.75 Å². The summed E-state index contributed by atoms with van der Waals surface area (Å²) in [7, 11) is 1.86. The summed E-state index contributed by atoms with van der Waals surface area (Å²) in [5.41, 5.74) is 27.1. The second kappa shape index (κ2) is 14.8. The van der Waals surface area contributed by atoms with Gasteiger partial charge >= 0.3 is 0 Å². The Hall–Kier alpha value is -4.62. The summed E-state index contributed by atoms with van der Waals surface area (Å²) in [5, 5.41) is 0. The molecule has 0 aliphatic heterocycles. The lowest BCUT2D eigenvalue weighted by Gasteiger charge is -2.29. The number of rotatable bonds is 7. The number of aryl methyl sites for hydroxylation is 2. The first-order chi connectivity index (χ1) is 27.8. The maximum atomic E-state index is 6.38. The fourth-order valence-electron chi connectivity index (χ4n) is 10.9. The first kappa shape index (κ1) is 41.1. The predicted molar refractivity (Wildman–Crippen MR) is 255 cm³/mol. The Morgan fingerprint density at radius 1 is 0.525 bits per heavy atom. The molecule has 1 nitrogen and oxygen atoms in total. The Morgan fingerprint density at radius 3 is 1.54 bits per heavy atom. The zero-order valence-electron chi connectivity index (χ0n) is 38.7. The van der Waals surface area contributed by atoms with Crippen LogP contribution in [0.5, 0.6) is 5.75 Å². The number of ether oxygens (including phenoxy) is 1. The fraction of sp³-hybridized carbons (Fsp3) is 0.414. The molecule has 0 heterocycles. The number of allylic oxidation sites excluding steroid dienone is 2. The Morgan fingerprint density at radius 2 is 1.02 bits per heavy atom. The van der Waals surface area contributed by atoms with Gasteiger partial charge in [-0.25, -0.2) is 0 Å². The van der Waals surface area contributed by atoms with E-state index in [1.54, 1.807) is 16.7 Å². The molecule has 3 aliphatic carbocycles. The summed E-state index contributed by atoms with van der Waals surface area (Å²) in [6.45, 7) is 30.1. The Balaban J connectivity index is 1.27. The van der Waals surface area contributed by atoms with Crippen molar-refractivity contribution in [1.82, 2.24) is 0 Å².